The summed E-state index contributed by atoms with van der Waals surface area (Å²) >= 11 is -1.73. The molecule has 1 saturated carbocycles. The minimum absolute atomic E-state index is 0. The molecular formula is C22H21Cl2Zr. The maximum absolute atomic E-state index is 2.48. The van der Waals surface area contributed by atoms with Crippen molar-refractivity contribution in [1.82, 2.24) is 0 Å². The van der Waals surface area contributed by atoms with Crippen molar-refractivity contribution in [2.75, 3.05) is 0 Å². The average Bonchev–Trinajstić information content (AvgIpc) is 3.18. The maximum Gasteiger partial charge on any atom is -1.00 e. The molecule has 0 atom stereocenters. The summed E-state index contributed by atoms with van der Waals surface area (Å²) < 4.78 is 3.67. The summed E-state index contributed by atoms with van der Waals surface area (Å²) in [7, 11) is 0. The fourth-order valence-electron chi connectivity index (χ4n) is 4.55. The van der Waals surface area contributed by atoms with Gasteiger partial charge in [0.1, 0.15) is 0 Å². The molecule has 127 valence electrons. The van der Waals surface area contributed by atoms with Crippen molar-refractivity contribution in [1.29, 1.82) is 0 Å². The van der Waals surface area contributed by atoms with Crippen molar-refractivity contribution in [2.24, 2.45) is 0 Å². The fraction of sp³-hybridized carbons (Fsp3) is 0.273. The SMILES string of the molecule is C1=CC[C]([Zr+2]([CH]2CCC2)[CH]2c3ccccc3-c3ccccc32)=C1.[Cl-].[Cl-]. The van der Waals surface area contributed by atoms with Crippen LogP contribution in [0, 0.1) is 0 Å². The summed E-state index contributed by atoms with van der Waals surface area (Å²) in [6.07, 6.45) is 12.9. The summed E-state index contributed by atoms with van der Waals surface area (Å²) in [6, 6.07) is 18.4. The zero-order valence-electron chi connectivity index (χ0n) is 14.1. The van der Waals surface area contributed by atoms with Crippen LogP contribution in [0.4, 0.5) is 0 Å². The van der Waals surface area contributed by atoms with Gasteiger partial charge in [0.05, 0.1) is 0 Å². The maximum atomic E-state index is 2.48. The van der Waals surface area contributed by atoms with E-state index in [-0.39, 0.29) is 24.8 Å². The van der Waals surface area contributed by atoms with Crippen molar-refractivity contribution in [2.45, 2.75) is 32.9 Å². The molecule has 3 aliphatic rings. The predicted molar refractivity (Wildman–Crippen MR) is 93.2 cm³/mol. The Morgan fingerprint density at radius 2 is 1.40 bits per heavy atom. The quantitative estimate of drug-likeness (QED) is 0.631. The van der Waals surface area contributed by atoms with Gasteiger partial charge in [-0.05, 0) is 0 Å². The second-order valence-corrected chi connectivity index (χ2v) is 14.3. The summed E-state index contributed by atoms with van der Waals surface area (Å²) in [5, 5.41) is 0. The van der Waals surface area contributed by atoms with Gasteiger partial charge in [-0.2, -0.15) is 0 Å². The largest absolute Gasteiger partial charge is 1.00 e. The van der Waals surface area contributed by atoms with E-state index in [0.29, 0.717) is 0 Å². The van der Waals surface area contributed by atoms with E-state index in [1.807, 2.05) is 3.28 Å². The molecule has 0 radical (unpaired) electrons. The van der Waals surface area contributed by atoms with Crippen LogP contribution in [0.1, 0.15) is 40.4 Å². The zero-order chi connectivity index (χ0) is 15.2. The number of allylic oxidation sites excluding steroid dienone is 4. The third-order valence-corrected chi connectivity index (χ3v) is 15.2. The van der Waals surface area contributed by atoms with Gasteiger partial charge < -0.3 is 24.8 Å². The molecule has 0 spiro atoms. The minimum Gasteiger partial charge on any atom is -1.00 e. The molecule has 2 aromatic carbocycles. The molecule has 1 fully saturated rings. The Balaban J connectivity index is 0.000000911. The Hall–Kier alpha value is -0.617. The van der Waals surface area contributed by atoms with E-state index in [1.165, 1.54) is 36.8 Å². The predicted octanol–water partition coefficient (Wildman–Crippen LogP) is 0.199. The number of benzene rings is 2. The molecule has 3 heteroatoms. The normalized spacial score (nSPS) is 17.7. The Morgan fingerprint density at radius 1 is 0.800 bits per heavy atom. The van der Waals surface area contributed by atoms with Crippen LogP contribution in [-0.2, 0) is 21.8 Å². The van der Waals surface area contributed by atoms with Gasteiger partial charge >= 0.3 is 147 Å². The van der Waals surface area contributed by atoms with E-state index in [2.05, 4.69) is 66.8 Å². The number of hydrogen-bond donors (Lipinski definition) is 0. The first-order valence-corrected chi connectivity index (χ1v) is 12.9. The van der Waals surface area contributed by atoms with Crippen molar-refractivity contribution in [3.8, 4) is 11.1 Å². The zero-order valence-corrected chi connectivity index (χ0v) is 18.1. The van der Waals surface area contributed by atoms with Crippen LogP contribution in [0.3, 0.4) is 0 Å². The van der Waals surface area contributed by atoms with Crippen LogP contribution < -0.4 is 24.8 Å². The molecule has 0 aliphatic heterocycles. The number of rotatable bonds is 3. The van der Waals surface area contributed by atoms with E-state index in [0.717, 1.165) is 7.25 Å². The second kappa shape index (κ2) is 7.95. The number of halogens is 2. The first kappa shape index (κ1) is 19.2. The first-order valence-electron chi connectivity index (χ1n) is 8.84. The first-order chi connectivity index (χ1) is 11.4. The van der Waals surface area contributed by atoms with E-state index in [9.17, 15) is 0 Å². The molecule has 0 heterocycles. The smallest absolute Gasteiger partial charge is 1.00 e. The standard InChI is InChI=1S/C13H9.C5H5.C4H7.2ClH.Zr/c1-3-7-12-10(5-1)9-11-6-2-4-8-13(11)12;1-2-4-5-3-1;1-2-4-3-1;;;/h1-9H;1-3H,4H2;1H,2-4H2;2*1H;/q;;;;;+2/p-2. The van der Waals surface area contributed by atoms with Gasteiger partial charge in [-0.1, -0.05) is 0 Å². The van der Waals surface area contributed by atoms with E-state index in [1.54, 1.807) is 11.1 Å². The van der Waals surface area contributed by atoms with Crippen LogP contribution in [-0.4, -0.2) is 0 Å². The molecule has 5 rings (SSSR count). The molecule has 0 bridgehead atoms. The molecule has 0 saturated heterocycles. The summed E-state index contributed by atoms with van der Waals surface area (Å²) in [6.45, 7) is 0. The Morgan fingerprint density at radius 3 is 1.88 bits per heavy atom. The van der Waals surface area contributed by atoms with Crippen molar-refractivity contribution in [3.63, 3.8) is 0 Å². The Kier molecular flexibility index (Phi) is 6.09. The Labute approximate surface area is 170 Å². The van der Waals surface area contributed by atoms with Gasteiger partial charge in [0.15, 0.2) is 0 Å². The van der Waals surface area contributed by atoms with Crippen LogP contribution in [0.2, 0.25) is 3.63 Å². The molecule has 0 aromatic heterocycles. The van der Waals surface area contributed by atoms with Gasteiger partial charge in [-0.3, -0.25) is 0 Å². The van der Waals surface area contributed by atoms with Crippen LogP contribution in [0.15, 0.2) is 70.0 Å². The minimum atomic E-state index is -1.73. The third-order valence-electron chi connectivity index (χ3n) is 5.83. The fourth-order valence-corrected chi connectivity index (χ4v) is 14.9. The summed E-state index contributed by atoms with van der Waals surface area (Å²) in [5.41, 5.74) is 6.31. The van der Waals surface area contributed by atoms with E-state index < -0.39 is 21.8 Å². The van der Waals surface area contributed by atoms with Crippen molar-refractivity contribution >= 4 is 0 Å². The van der Waals surface area contributed by atoms with E-state index >= 15 is 0 Å². The van der Waals surface area contributed by atoms with Gasteiger partial charge in [-0.25, -0.2) is 0 Å². The van der Waals surface area contributed by atoms with Crippen LogP contribution >= 0.6 is 0 Å². The Bertz CT molecular complexity index is 775. The summed E-state index contributed by atoms with van der Waals surface area (Å²) in [5.74, 6) is 0. The van der Waals surface area contributed by atoms with Gasteiger partial charge in [0, 0.05) is 0 Å². The molecule has 2 aromatic rings. The van der Waals surface area contributed by atoms with Gasteiger partial charge in [0.2, 0.25) is 0 Å². The average molecular weight is 448 g/mol. The van der Waals surface area contributed by atoms with E-state index in [4.69, 9.17) is 0 Å². The number of hydrogen-bond acceptors (Lipinski definition) is 0. The second-order valence-electron chi connectivity index (χ2n) is 7.01. The van der Waals surface area contributed by atoms with Gasteiger partial charge in [0.25, 0.3) is 0 Å². The van der Waals surface area contributed by atoms with Crippen LogP contribution in [0.25, 0.3) is 11.1 Å². The molecule has 0 unspecified atom stereocenters. The molecule has 3 aliphatic carbocycles. The molecule has 25 heavy (non-hydrogen) atoms. The van der Waals surface area contributed by atoms with Crippen LogP contribution in [0.5, 0.6) is 0 Å². The summed E-state index contributed by atoms with van der Waals surface area (Å²) in [4.78, 5) is 0. The molecular weight excluding hydrogens is 426 g/mol. The monoisotopic (exact) mass is 445 g/mol. The number of fused-ring (bicyclic) bond motifs is 3. The molecule has 0 N–H and O–H groups in total. The third kappa shape index (κ3) is 3.14. The van der Waals surface area contributed by atoms with Crippen molar-refractivity contribution in [3.05, 3.63) is 81.2 Å². The van der Waals surface area contributed by atoms with Gasteiger partial charge in [-0.15, -0.1) is 0 Å². The van der Waals surface area contributed by atoms with Crippen molar-refractivity contribution < 1.29 is 46.6 Å². The topological polar surface area (TPSA) is 0 Å². The molecule has 0 nitrogen and oxygen atoms in total. The molecule has 0 amide bonds.